The van der Waals surface area contributed by atoms with Gasteiger partial charge in [-0.25, -0.2) is 9.50 Å². The molecule has 8 nitrogen and oxygen atoms in total. The first-order valence-corrected chi connectivity index (χ1v) is 9.15. The molecule has 0 saturated heterocycles. The zero-order valence-corrected chi connectivity index (χ0v) is 16.7. The highest BCUT2D eigenvalue weighted by atomic mass is 16.5. The van der Waals surface area contributed by atoms with Crippen LogP contribution in [0.3, 0.4) is 0 Å². The van der Waals surface area contributed by atoms with Crippen molar-refractivity contribution in [2.75, 3.05) is 26.6 Å². The first-order chi connectivity index (χ1) is 14.6. The Kier molecular flexibility index (Phi) is 5.21. The molecule has 0 aliphatic rings. The number of fused-ring (bicyclic) bond motifs is 1. The van der Waals surface area contributed by atoms with Crippen LogP contribution in [0.1, 0.15) is 10.5 Å². The normalized spacial score (nSPS) is 10.6. The second-order valence-electron chi connectivity index (χ2n) is 6.36. The van der Waals surface area contributed by atoms with E-state index < -0.39 is 0 Å². The minimum absolute atomic E-state index is 0.247. The third kappa shape index (κ3) is 3.50. The first kappa shape index (κ1) is 19.3. The summed E-state index contributed by atoms with van der Waals surface area (Å²) in [5.74, 6) is 1.49. The van der Waals surface area contributed by atoms with Gasteiger partial charge in [0.2, 0.25) is 0 Å². The van der Waals surface area contributed by atoms with E-state index in [-0.39, 0.29) is 11.6 Å². The summed E-state index contributed by atoms with van der Waals surface area (Å²) in [4.78, 5) is 17.5. The SMILES string of the molecule is COc1ccc(NC(=O)c2nn3cccnc3c2-c2ccc(OC)c(OC)c2)cc1. The number of aromatic nitrogens is 3. The molecule has 2 heterocycles. The van der Waals surface area contributed by atoms with E-state index in [2.05, 4.69) is 15.4 Å². The quantitative estimate of drug-likeness (QED) is 0.528. The molecule has 0 fully saturated rings. The van der Waals surface area contributed by atoms with Crippen LogP contribution < -0.4 is 19.5 Å². The molecular formula is C22H20N4O4. The number of nitrogens with one attached hydrogen (secondary N) is 1. The van der Waals surface area contributed by atoms with Crippen molar-refractivity contribution in [3.05, 3.63) is 66.6 Å². The molecule has 30 heavy (non-hydrogen) atoms. The van der Waals surface area contributed by atoms with Gasteiger partial charge >= 0.3 is 0 Å². The molecule has 2 aromatic carbocycles. The lowest BCUT2D eigenvalue weighted by molar-refractivity contribution is 0.102. The highest BCUT2D eigenvalue weighted by Crippen LogP contribution is 2.35. The van der Waals surface area contributed by atoms with E-state index in [1.807, 2.05) is 6.07 Å². The molecular weight excluding hydrogens is 384 g/mol. The van der Waals surface area contributed by atoms with Crippen LogP contribution in [0.15, 0.2) is 60.9 Å². The second-order valence-corrected chi connectivity index (χ2v) is 6.36. The standard InChI is InChI=1S/C22H20N4O4/c1-28-16-8-6-15(7-9-16)24-22(27)20-19(21-23-11-4-12-26(21)25-20)14-5-10-17(29-2)18(13-14)30-3/h4-13H,1-3H3,(H,24,27). The van der Waals surface area contributed by atoms with Gasteiger partial charge in [0.05, 0.1) is 26.9 Å². The molecule has 1 amide bonds. The van der Waals surface area contributed by atoms with Crippen LogP contribution in [-0.2, 0) is 0 Å². The van der Waals surface area contributed by atoms with Gasteiger partial charge in [-0.2, -0.15) is 5.10 Å². The van der Waals surface area contributed by atoms with Crippen LogP contribution in [0.2, 0.25) is 0 Å². The fourth-order valence-corrected chi connectivity index (χ4v) is 3.17. The summed E-state index contributed by atoms with van der Waals surface area (Å²) in [6, 6.07) is 14.3. The van der Waals surface area contributed by atoms with E-state index in [4.69, 9.17) is 14.2 Å². The summed E-state index contributed by atoms with van der Waals surface area (Å²) in [6.45, 7) is 0. The average molecular weight is 404 g/mol. The maximum Gasteiger partial charge on any atom is 0.276 e. The molecule has 4 aromatic rings. The lowest BCUT2D eigenvalue weighted by atomic mass is 10.0. The lowest BCUT2D eigenvalue weighted by Crippen LogP contribution is -2.13. The maximum absolute atomic E-state index is 13.1. The molecule has 0 unspecified atom stereocenters. The van der Waals surface area contributed by atoms with Gasteiger partial charge in [0.1, 0.15) is 5.75 Å². The highest BCUT2D eigenvalue weighted by molar-refractivity contribution is 6.09. The van der Waals surface area contributed by atoms with Crippen molar-refractivity contribution < 1.29 is 19.0 Å². The number of nitrogens with zero attached hydrogens (tertiary/aromatic N) is 3. The van der Waals surface area contributed by atoms with E-state index in [0.717, 1.165) is 5.56 Å². The summed E-state index contributed by atoms with van der Waals surface area (Å²) >= 11 is 0. The predicted octanol–water partition coefficient (Wildman–Crippen LogP) is 3.67. The lowest BCUT2D eigenvalue weighted by Gasteiger charge is -2.10. The summed E-state index contributed by atoms with van der Waals surface area (Å²) in [5.41, 5.74) is 2.77. The number of ether oxygens (including phenoxy) is 3. The molecule has 0 bridgehead atoms. The number of hydrogen-bond acceptors (Lipinski definition) is 6. The molecule has 0 saturated carbocycles. The number of methoxy groups -OCH3 is 3. The molecule has 152 valence electrons. The number of hydrogen-bond donors (Lipinski definition) is 1. The van der Waals surface area contributed by atoms with Gasteiger partial charge in [-0.15, -0.1) is 0 Å². The predicted molar refractivity (Wildman–Crippen MR) is 112 cm³/mol. The van der Waals surface area contributed by atoms with Crippen LogP contribution in [0.5, 0.6) is 17.2 Å². The van der Waals surface area contributed by atoms with Crippen molar-refractivity contribution in [1.82, 2.24) is 14.6 Å². The maximum atomic E-state index is 13.1. The van der Waals surface area contributed by atoms with Crippen LogP contribution in [0.4, 0.5) is 5.69 Å². The van der Waals surface area contributed by atoms with Crippen molar-refractivity contribution in [1.29, 1.82) is 0 Å². The molecule has 0 radical (unpaired) electrons. The Bertz CT molecular complexity index is 1200. The summed E-state index contributed by atoms with van der Waals surface area (Å²) in [6.07, 6.45) is 3.41. The zero-order valence-electron chi connectivity index (χ0n) is 16.7. The smallest absolute Gasteiger partial charge is 0.276 e. The Morgan fingerprint density at radius 1 is 0.967 bits per heavy atom. The number of amides is 1. The Morgan fingerprint density at radius 3 is 2.43 bits per heavy atom. The Balaban J connectivity index is 1.79. The minimum Gasteiger partial charge on any atom is -0.497 e. The van der Waals surface area contributed by atoms with E-state index in [1.54, 1.807) is 80.7 Å². The third-order valence-electron chi connectivity index (χ3n) is 4.63. The van der Waals surface area contributed by atoms with Gasteiger partial charge in [0, 0.05) is 18.1 Å². The van der Waals surface area contributed by atoms with Crippen molar-refractivity contribution in [3.8, 4) is 28.4 Å². The third-order valence-corrected chi connectivity index (χ3v) is 4.63. The van der Waals surface area contributed by atoms with Crippen LogP contribution in [0.25, 0.3) is 16.8 Å². The molecule has 4 rings (SSSR count). The molecule has 2 aromatic heterocycles. The molecule has 0 aliphatic heterocycles. The zero-order chi connectivity index (χ0) is 21.1. The van der Waals surface area contributed by atoms with Crippen LogP contribution >= 0.6 is 0 Å². The van der Waals surface area contributed by atoms with Gasteiger partial charge in [-0.3, -0.25) is 4.79 Å². The molecule has 8 heteroatoms. The molecule has 0 aliphatic carbocycles. The fourth-order valence-electron chi connectivity index (χ4n) is 3.17. The van der Waals surface area contributed by atoms with Gasteiger partial charge in [0.25, 0.3) is 5.91 Å². The Labute approximate surface area is 173 Å². The highest BCUT2D eigenvalue weighted by Gasteiger charge is 2.23. The van der Waals surface area contributed by atoms with E-state index >= 15 is 0 Å². The van der Waals surface area contributed by atoms with Crippen LogP contribution in [-0.4, -0.2) is 41.8 Å². The van der Waals surface area contributed by atoms with Crippen molar-refractivity contribution >= 4 is 17.2 Å². The number of anilines is 1. The molecule has 0 atom stereocenters. The van der Waals surface area contributed by atoms with Crippen molar-refractivity contribution in [2.24, 2.45) is 0 Å². The minimum atomic E-state index is -0.351. The summed E-state index contributed by atoms with van der Waals surface area (Å²) in [7, 11) is 4.72. The monoisotopic (exact) mass is 404 g/mol. The topological polar surface area (TPSA) is 87.0 Å². The summed E-state index contributed by atoms with van der Waals surface area (Å²) < 4.78 is 17.5. The number of carbonyl (C=O) groups is 1. The van der Waals surface area contributed by atoms with Crippen LogP contribution in [0, 0.1) is 0 Å². The van der Waals surface area contributed by atoms with E-state index in [0.29, 0.717) is 34.1 Å². The van der Waals surface area contributed by atoms with E-state index in [1.165, 1.54) is 0 Å². The van der Waals surface area contributed by atoms with Gasteiger partial charge < -0.3 is 19.5 Å². The fraction of sp³-hybridized carbons (Fsp3) is 0.136. The van der Waals surface area contributed by atoms with Gasteiger partial charge in [-0.05, 0) is 48.0 Å². The van der Waals surface area contributed by atoms with E-state index in [9.17, 15) is 4.79 Å². The van der Waals surface area contributed by atoms with Crippen molar-refractivity contribution in [2.45, 2.75) is 0 Å². The molecule has 1 N–H and O–H groups in total. The summed E-state index contributed by atoms with van der Waals surface area (Å²) in [5, 5.41) is 7.34. The number of rotatable bonds is 6. The number of carbonyl (C=O) groups excluding carboxylic acids is 1. The molecule has 0 spiro atoms. The Morgan fingerprint density at radius 2 is 1.73 bits per heavy atom. The Hall–Kier alpha value is -4.07. The largest absolute Gasteiger partial charge is 0.497 e. The number of benzene rings is 2. The average Bonchev–Trinajstić information content (AvgIpc) is 3.19. The first-order valence-electron chi connectivity index (χ1n) is 9.15. The second kappa shape index (κ2) is 8.12. The van der Waals surface area contributed by atoms with Crippen molar-refractivity contribution in [3.63, 3.8) is 0 Å². The van der Waals surface area contributed by atoms with Gasteiger partial charge in [-0.1, -0.05) is 6.07 Å². The van der Waals surface area contributed by atoms with Gasteiger partial charge in [0.15, 0.2) is 22.8 Å².